The molecule has 0 N–H and O–H groups in total. The van der Waals surface area contributed by atoms with Crippen molar-refractivity contribution < 1.29 is 9.18 Å². The third kappa shape index (κ3) is 3.33. The number of halogens is 1. The third-order valence-corrected chi connectivity index (χ3v) is 5.23. The summed E-state index contributed by atoms with van der Waals surface area (Å²) < 4.78 is 18.2. The number of anilines is 1. The van der Waals surface area contributed by atoms with E-state index < -0.39 is 5.82 Å². The highest BCUT2D eigenvalue weighted by Crippen LogP contribution is 2.31. The molecule has 3 aromatic heterocycles. The van der Waals surface area contributed by atoms with Gasteiger partial charge in [-0.1, -0.05) is 17.4 Å². The van der Waals surface area contributed by atoms with Crippen molar-refractivity contribution >= 4 is 32.6 Å². The molecule has 7 nitrogen and oxygen atoms in total. The molecule has 138 valence electrons. The van der Waals surface area contributed by atoms with Crippen molar-refractivity contribution in [1.29, 1.82) is 0 Å². The first kappa shape index (κ1) is 17.3. The van der Waals surface area contributed by atoms with Gasteiger partial charge >= 0.3 is 0 Å². The van der Waals surface area contributed by atoms with Crippen LogP contribution in [0.2, 0.25) is 0 Å². The molecule has 0 saturated heterocycles. The summed E-state index contributed by atoms with van der Waals surface area (Å²) in [5.74, 6) is -0.617. The van der Waals surface area contributed by atoms with Crippen LogP contribution in [0, 0.1) is 5.82 Å². The number of nitrogens with zero attached hydrogens (tertiary/aromatic N) is 6. The number of carbonyl (C=O) groups excluding carboxylic acids is 1. The van der Waals surface area contributed by atoms with E-state index >= 15 is 0 Å². The van der Waals surface area contributed by atoms with Crippen LogP contribution in [0.4, 0.5) is 9.52 Å². The number of rotatable bonds is 6. The molecule has 0 bridgehead atoms. The van der Waals surface area contributed by atoms with Crippen molar-refractivity contribution in [3.8, 4) is 0 Å². The second kappa shape index (κ2) is 7.28. The molecule has 1 aromatic carbocycles. The first-order chi connectivity index (χ1) is 13.2. The van der Waals surface area contributed by atoms with Crippen molar-refractivity contribution in [2.24, 2.45) is 0 Å². The maximum absolute atomic E-state index is 14.1. The van der Waals surface area contributed by atoms with Crippen LogP contribution in [0.3, 0.4) is 0 Å². The Morgan fingerprint density at radius 2 is 2.11 bits per heavy atom. The maximum Gasteiger partial charge on any atom is 0.278 e. The van der Waals surface area contributed by atoms with E-state index in [1.807, 2.05) is 19.2 Å². The molecule has 1 amide bonds. The van der Waals surface area contributed by atoms with Crippen LogP contribution >= 0.6 is 11.3 Å². The molecule has 9 heteroatoms. The number of benzene rings is 1. The van der Waals surface area contributed by atoms with E-state index in [0.717, 1.165) is 0 Å². The van der Waals surface area contributed by atoms with E-state index in [1.165, 1.54) is 17.4 Å². The van der Waals surface area contributed by atoms with Gasteiger partial charge in [0.25, 0.3) is 5.91 Å². The number of para-hydroxylation sites is 1. The fraction of sp³-hybridized carbons (Fsp3) is 0.222. The first-order valence-corrected chi connectivity index (χ1v) is 9.35. The van der Waals surface area contributed by atoms with Gasteiger partial charge in [-0.05, 0) is 31.2 Å². The van der Waals surface area contributed by atoms with E-state index in [-0.39, 0.29) is 11.4 Å². The Hall–Kier alpha value is -3.07. The van der Waals surface area contributed by atoms with Gasteiger partial charge in [-0.25, -0.2) is 9.37 Å². The van der Waals surface area contributed by atoms with Crippen molar-refractivity contribution in [2.75, 3.05) is 11.4 Å². The number of hydrogen-bond donors (Lipinski definition) is 0. The smallest absolute Gasteiger partial charge is 0.278 e. The van der Waals surface area contributed by atoms with Gasteiger partial charge in [-0.3, -0.25) is 19.1 Å². The zero-order valence-corrected chi connectivity index (χ0v) is 15.4. The monoisotopic (exact) mass is 384 g/mol. The lowest BCUT2D eigenvalue weighted by molar-refractivity contribution is 0.0975. The zero-order chi connectivity index (χ0) is 18.8. The highest BCUT2D eigenvalue weighted by atomic mass is 32.1. The number of fused-ring (bicyclic) bond motifs is 1. The van der Waals surface area contributed by atoms with Gasteiger partial charge in [-0.2, -0.15) is 10.2 Å². The van der Waals surface area contributed by atoms with Gasteiger partial charge in [0.05, 0.1) is 11.2 Å². The lowest BCUT2D eigenvalue weighted by atomic mass is 10.3. The first-order valence-electron chi connectivity index (χ1n) is 8.53. The quantitative estimate of drug-likeness (QED) is 0.512. The molecule has 0 aliphatic carbocycles. The van der Waals surface area contributed by atoms with Crippen molar-refractivity contribution in [1.82, 2.24) is 24.5 Å². The Morgan fingerprint density at radius 3 is 2.85 bits per heavy atom. The van der Waals surface area contributed by atoms with E-state index in [4.69, 9.17) is 0 Å². The Morgan fingerprint density at radius 1 is 1.22 bits per heavy atom. The number of amides is 1. The maximum atomic E-state index is 14.1. The molecule has 0 aliphatic heterocycles. The number of thiazole rings is 1. The van der Waals surface area contributed by atoms with E-state index in [0.29, 0.717) is 35.2 Å². The van der Waals surface area contributed by atoms with Crippen LogP contribution < -0.4 is 4.90 Å². The molecule has 4 rings (SSSR count). The molecule has 0 aliphatic rings. The second-order valence-electron chi connectivity index (χ2n) is 5.84. The summed E-state index contributed by atoms with van der Waals surface area (Å²) in [5, 5.41) is 8.81. The molecule has 27 heavy (non-hydrogen) atoms. The predicted octanol–water partition coefficient (Wildman–Crippen LogP) is 3.20. The minimum atomic E-state index is -0.395. The summed E-state index contributed by atoms with van der Waals surface area (Å²) in [6.45, 7) is 3.36. The predicted molar refractivity (Wildman–Crippen MR) is 101 cm³/mol. The topological polar surface area (TPSA) is 68.8 Å². The fourth-order valence-corrected chi connectivity index (χ4v) is 3.85. The molecule has 4 aromatic rings. The summed E-state index contributed by atoms with van der Waals surface area (Å²) in [6, 6.07) is 8.31. The van der Waals surface area contributed by atoms with E-state index in [9.17, 15) is 9.18 Å². The molecule has 0 radical (unpaired) electrons. The Bertz CT molecular complexity index is 1070. The molecule has 0 fully saturated rings. The van der Waals surface area contributed by atoms with Gasteiger partial charge < -0.3 is 0 Å². The third-order valence-electron chi connectivity index (χ3n) is 4.18. The lowest BCUT2D eigenvalue weighted by Gasteiger charge is -2.20. The molecule has 0 unspecified atom stereocenters. The molecule has 0 saturated carbocycles. The summed E-state index contributed by atoms with van der Waals surface area (Å²) in [7, 11) is 0. The minimum Gasteiger partial charge on any atom is -0.281 e. The van der Waals surface area contributed by atoms with Crippen molar-refractivity contribution in [3.63, 3.8) is 0 Å². The number of aromatic nitrogens is 5. The van der Waals surface area contributed by atoms with Crippen LogP contribution in [0.1, 0.15) is 17.4 Å². The van der Waals surface area contributed by atoms with Crippen molar-refractivity contribution in [2.45, 2.75) is 20.0 Å². The fourth-order valence-electron chi connectivity index (χ4n) is 2.84. The van der Waals surface area contributed by atoms with Crippen LogP contribution in [-0.4, -0.2) is 37.0 Å². The summed E-state index contributed by atoms with van der Waals surface area (Å²) >= 11 is 1.29. The van der Waals surface area contributed by atoms with Gasteiger partial charge in [0.15, 0.2) is 5.13 Å². The zero-order valence-electron chi connectivity index (χ0n) is 14.6. The number of aryl methyl sites for hydroxylation is 1. The highest BCUT2D eigenvalue weighted by Gasteiger charge is 2.24. The summed E-state index contributed by atoms with van der Waals surface area (Å²) in [4.78, 5) is 19.2. The molecular weight excluding hydrogens is 367 g/mol. The Labute approximate surface area is 158 Å². The van der Waals surface area contributed by atoms with Crippen LogP contribution in [0.15, 0.2) is 48.9 Å². The Balaban J connectivity index is 1.72. The molecule has 0 spiro atoms. The van der Waals surface area contributed by atoms with Gasteiger partial charge in [-0.15, -0.1) is 0 Å². The molecular formula is C18H17FN6OS. The minimum absolute atomic E-state index is 0.221. The molecule has 3 heterocycles. The van der Waals surface area contributed by atoms with Gasteiger partial charge in [0.1, 0.15) is 17.0 Å². The SMILES string of the molecule is CCn1nccc1C(=O)N(CCn1cccn1)c1nc2c(F)cccc2s1. The summed E-state index contributed by atoms with van der Waals surface area (Å²) in [6.07, 6.45) is 5.11. The lowest BCUT2D eigenvalue weighted by Crippen LogP contribution is -2.35. The van der Waals surface area contributed by atoms with Gasteiger partial charge in [0, 0.05) is 31.7 Å². The van der Waals surface area contributed by atoms with E-state index in [1.54, 1.807) is 44.9 Å². The average molecular weight is 384 g/mol. The number of hydrogen-bond acceptors (Lipinski definition) is 5. The van der Waals surface area contributed by atoms with Crippen LogP contribution in [-0.2, 0) is 13.1 Å². The largest absolute Gasteiger partial charge is 0.281 e. The van der Waals surface area contributed by atoms with Crippen molar-refractivity contribution in [3.05, 3.63) is 60.4 Å². The normalized spacial score (nSPS) is 11.2. The second-order valence-corrected chi connectivity index (χ2v) is 6.85. The standard InChI is InChI=1S/C18H17FN6OS/c1-2-25-14(7-9-21-25)17(26)24(12-11-23-10-4-8-20-23)18-22-16-13(19)5-3-6-15(16)27-18/h3-10H,2,11-12H2,1H3. The van der Waals surface area contributed by atoms with Crippen LogP contribution in [0.25, 0.3) is 10.2 Å². The van der Waals surface area contributed by atoms with E-state index in [2.05, 4.69) is 15.2 Å². The summed E-state index contributed by atoms with van der Waals surface area (Å²) in [5.41, 5.74) is 0.746. The number of carbonyl (C=O) groups is 1. The average Bonchev–Trinajstić information content (AvgIpc) is 3.42. The highest BCUT2D eigenvalue weighted by molar-refractivity contribution is 7.22. The van der Waals surface area contributed by atoms with Crippen LogP contribution in [0.5, 0.6) is 0 Å². The Kier molecular flexibility index (Phi) is 4.68. The molecule has 0 atom stereocenters. The van der Waals surface area contributed by atoms with Gasteiger partial charge in [0.2, 0.25) is 0 Å².